The molecule has 16 heavy (non-hydrogen) atoms. The largest absolute Gasteiger partial charge is 0.356 e. The Morgan fingerprint density at radius 1 is 1.25 bits per heavy atom. The summed E-state index contributed by atoms with van der Waals surface area (Å²) in [7, 11) is 3.93. The fourth-order valence-electron chi connectivity index (χ4n) is 1.31. The van der Waals surface area contributed by atoms with Crippen LogP contribution in [-0.2, 0) is 0 Å². The first-order valence-electron chi connectivity index (χ1n) is 4.87. The van der Waals surface area contributed by atoms with E-state index >= 15 is 0 Å². The zero-order valence-electron chi connectivity index (χ0n) is 9.09. The second-order valence-electron chi connectivity index (χ2n) is 3.63. The number of benzene rings is 1. The van der Waals surface area contributed by atoms with Crippen LogP contribution in [0, 0.1) is 0 Å². The number of hydrogen-bond acceptors (Lipinski definition) is 4. The molecule has 0 bridgehead atoms. The lowest BCUT2D eigenvalue weighted by atomic mass is 10.2. The van der Waals surface area contributed by atoms with Crippen LogP contribution >= 0.6 is 23.4 Å². The molecule has 0 amide bonds. The van der Waals surface area contributed by atoms with Crippen molar-refractivity contribution < 1.29 is 0 Å². The normalized spacial score (nSPS) is 19.4. The van der Waals surface area contributed by atoms with Gasteiger partial charge in [-0.1, -0.05) is 35.5 Å². The van der Waals surface area contributed by atoms with Gasteiger partial charge in [-0.3, -0.25) is 0 Å². The van der Waals surface area contributed by atoms with E-state index in [4.69, 9.17) is 11.6 Å². The highest BCUT2D eigenvalue weighted by Gasteiger charge is 2.17. The van der Waals surface area contributed by atoms with Crippen LogP contribution in [0.15, 0.2) is 34.5 Å². The molecule has 1 aromatic rings. The van der Waals surface area contributed by atoms with E-state index in [0.717, 1.165) is 10.2 Å². The standard InChI is InChI=1S/C11H12ClN3S/c1-15(2)11-14-13-7-10(16-11)8-3-5-9(12)6-4-8/h3-7,10H,1-2H3. The molecule has 5 heteroatoms. The average molecular weight is 254 g/mol. The quantitative estimate of drug-likeness (QED) is 0.770. The van der Waals surface area contributed by atoms with Crippen molar-refractivity contribution in [3.63, 3.8) is 0 Å². The van der Waals surface area contributed by atoms with Crippen LogP contribution < -0.4 is 0 Å². The molecule has 0 fully saturated rings. The van der Waals surface area contributed by atoms with Crippen molar-refractivity contribution in [2.75, 3.05) is 14.1 Å². The smallest absolute Gasteiger partial charge is 0.186 e. The Morgan fingerprint density at radius 3 is 2.56 bits per heavy atom. The van der Waals surface area contributed by atoms with Crippen LogP contribution in [0.1, 0.15) is 10.8 Å². The second-order valence-corrected chi connectivity index (χ2v) is 5.18. The summed E-state index contributed by atoms with van der Waals surface area (Å²) in [5, 5.41) is 9.99. The molecule has 0 N–H and O–H groups in total. The van der Waals surface area contributed by atoms with Crippen molar-refractivity contribution in [2.45, 2.75) is 5.25 Å². The van der Waals surface area contributed by atoms with Crippen LogP contribution in [0.4, 0.5) is 0 Å². The maximum Gasteiger partial charge on any atom is 0.186 e. The molecule has 1 aliphatic rings. The minimum absolute atomic E-state index is 0.215. The molecule has 0 spiro atoms. The van der Waals surface area contributed by atoms with Crippen LogP contribution in [0.3, 0.4) is 0 Å². The highest BCUT2D eigenvalue weighted by atomic mass is 35.5. The van der Waals surface area contributed by atoms with E-state index in [-0.39, 0.29) is 5.25 Å². The predicted molar refractivity (Wildman–Crippen MR) is 71.4 cm³/mol. The van der Waals surface area contributed by atoms with Crippen molar-refractivity contribution in [2.24, 2.45) is 10.2 Å². The Balaban J connectivity index is 2.16. The third kappa shape index (κ3) is 2.57. The van der Waals surface area contributed by atoms with Gasteiger partial charge in [0.15, 0.2) is 5.17 Å². The molecule has 1 aromatic carbocycles. The van der Waals surface area contributed by atoms with Gasteiger partial charge in [-0.25, -0.2) is 0 Å². The monoisotopic (exact) mass is 253 g/mol. The topological polar surface area (TPSA) is 28.0 Å². The lowest BCUT2D eigenvalue weighted by molar-refractivity contribution is 0.632. The highest BCUT2D eigenvalue weighted by molar-refractivity contribution is 8.14. The summed E-state index contributed by atoms with van der Waals surface area (Å²) in [6.07, 6.45) is 1.85. The van der Waals surface area contributed by atoms with Crippen LogP contribution in [0.25, 0.3) is 0 Å². The predicted octanol–water partition coefficient (Wildman–Crippen LogP) is 3.03. The maximum atomic E-state index is 5.86. The molecule has 1 heterocycles. The Bertz CT molecular complexity index is 425. The molecule has 0 aliphatic carbocycles. The molecule has 0 radical (unpaired) electrons. The van der Waals surface area contributed by atoms with Crippen molar-refractivity contribution in [3.05, 3.63) is 34.9 Å². The van der Waals surface area contributed by atoms with Gasteiger partial charge in [0.25, 0.3) is 0 Å². The SMILES string of the molecule is CN(C)C1=NN=CC(c2ccc(Cl)cc2)S1. The van der Waals surface area contributed by atoms with E-state index in [2.05, 4.69) is 10.2 Å². The van der Waals surface area contributed by atoms with Gasteiger partial charge in [-0.15, -0.1) is 5.10 Å². The Morgan fingerprint density at radius 2 is 1.94 bits per heavy atom. The summed E-state index contributed by atoms with van der Waals surface area (Å²) >= 11 is 7.54. The summed E-state index contributed by atoms with van der Waals surface area (Å²) < 4.78 is 0. The lowest BCUT2D eigenvalue weighted by Gasteiger charge is -2.20. The molecule has 0 aromatic heterocycles. The zero-order chi connectivity index (χ0) is 11.5. The maximum absolute atomic E-state index is 5.86. The first-order chi connectivity index (χ1) is 7.66. The van der Waals surface area contributed by atoms with Gasteiger partial charge in [0.1, 0.15) is 0 Å². The van der Waals surface area contributed by atoms with E-state index in [1.165, 1.54) is 5.56 Å². The van der Waals surface area contributed by atoms with Crippen molar-refractivity contribution >= 4 is 34.7 Å². The van der Waals surface area contributed by atoms with Gasteiger partial charge in [0.05, 0.1) is 5.25 Å². The third-order valence-corrected chi connectivity index (χ3v) is 3.72. The van der Waals surface area contributed by atoms with Crippen LogP contribution in [0.5, 0.6) is 0 Å². The summed E-state index contributed by atoms with van der Waals surface area (Å²) in [6.45, 7) is 0. The number of halogens is 1. The summed E-state index contributed by atoms with van der Waals surface area (Å²) in [5.41, 5.74) is 1.19. The molecule has 1 unspecified atom stereocenters. The first-order valence-corrected chi connectivity index (χ1v) is 6.13. The van der Waals surface area contributed by atoms with E-state index < -0.39 is 0 Å². The fraction of sp³-hybridized carbons (Fsp3) is 0.273. The summed E-state index contributed by atoms with van der Waals surface area (Å²) in [6, 6.07) is 7.83. The summed E-state index contributed by atoms with van der Waals surface area (Å²) in [5.74, 6) is 0. The molecular weight excluding hydrogens is 242 g/mol. The van der Waals surface area contributed by atoms with Gasteiger partial charge < -0.3 is 4.90 Å². The van der Waals surface area contributed by atoms with E-state index in [1.54, 1.807) is 11.8 Å². The van der Waals surface area contributed by atoms with Crippen molar-refractivity contribution in [1.82, 2.24) is 4.90 Å². The number of rotatable bonds is 1. The Labute approximate surface area is 104 Å². The number of hydrogen-bond donors (Lipinski definition) is 0. The minimum atomic E-state index is 0.215. The van der Waals surface area contributed by atoms with Gasteiger partial charge in [0, 0.05) is 25.3 Å². The number of amidine groups is 1. The molecule has 1 atom stereocenters. The third-order valence-electron chi connectivity index (χ3n) is 2.16. The molecular formula is C11H12ClN3S. The number of nitrogens with zero attached hydrogens (tertiary/aromatic N) is 3. The van der Waals surface area contributed by atoms with Gasteiger partial charge in [0.2, 0.25) is 0 Å². The lowest BCUT2D eigenvalue weighted by Crippen LogP contribution is -2.21. The van der Waals surface area contributed by atoms with Crippen molar-refractivity contribution in [1.29, 1.82) is 0 Å². The van der Waals surface area contributed by atoms with Crippen LogP contribution in [-0.4, -0.2) is 30.4 Å². The molecule has 84 valence electrons. The minimum Gasteiger partial charge on any atom is -0.356 e. The molecule has 0 saturated carbocycles. The zero-order valence-corrected chi connectivity index (χ0v) is 10.7. The summed E-state index contributed by atoms with van der Waals surface area (Å²) in [4.78, 5) is 1.96. The van der Waals surface area contributed by atoms with E-state index in [0.29, 0.717) is 0 Å². The Kier molecular flexibility index (Phi) is 3.51. The average Bonchev–Trinajstić information content (AvgIpc) is 2.30. The highest BCUT2D eigenvalue weighted by Crippen LogP contribution is 2.31. The second kappa shape index (κ2) is 4.89. The van der Waals surface area contributed by atoms with E-state index in [1.807, 2.05) is 49.5 Å². The fourth-order valence-corrected chi connectivity index (χ4v) is 2.38. The molecule has 3 nitrogen and oxygen atoms in total. The van der Waals surface area contributed by atoms with E-state index in [9.17, 15) is 0 Å². The van der Waals surface area contributed by atoms with Gasteiger partial charge >= 0.3 is 0 Å². The molecule has 0 saturated heterocycles. The Hall–Kier alpha value is -1.000. The molecule has 1 aliphatic heterocycles. The van der Waals surface area contributed by atoms with Crippen LogP contribution in [0.2, 0.25) is 5.02 Å². The van der Waals surface area contributed by atoms with Crippen molar-refractivity contribution in [3.8, 4) is 0 Å². The van der Waals surface area contributed by atoms with Gasteiger partial charge in [-0.2, -0.15) is 5.10 Å². The first kappa shape index (κ1) is 11.5. The van der Waals surface area contributed by atoms with Gasteiger partial charge in [-0.05, 0) is 17.7 Å². The molecule has 2 rings (SSSR count). The number of thioether (sulfide) groups is 1.